The SMILES string of the molecule is CCn1ncc(Br)c1CNC(=O)c1noc(C)c1COc1cc(C)cc(C)c1. The minimum absolute atomic E-state index is 0.206. The summed E-state index contributed by atoms with van der Waals surface area (Å²) in [5, 5.41) is 11.1. The zero-order valence-corrected chi connectivity index (χ0v) is 18.0. The van der Waals surface area contributed by atoms with Crippen molar-refractivity contribution in [3.05, 3.63) is 62.7 Å². The Morgan fingerprint density at radius 1 is 1.25 bits per heavy atom. The average Bonchev–Trinajstić information content (AvgIpc) is 3.19. The molecule has 0 saturated carbocycles. The van der Waals surface area contributed by atoms with E-state index < -0.39 is 0 Å². The first-order chi connectivity index (χ1) is 13.4. The molecule has 0 aliphatic heterocycles. The van der Waals surface area contributed by atoms with Gasteiger partial charge in [-0.3, -0.25) is 9.48 Å². The molecular formula is C20H23BrN4O3. The number of benzene rings is 1. The van der Waals surface area contributed by atoms with Crippen LogP contribution in [0.2, 0.25) is 0 Å². The van der Waals surface area contributed by atoms with Crippen LogP contribution in [0.3, 0.4) is 0 Å². The normalized spacial score (nSPS) is 10.9. The number of ether oxygens (including phenoxy) is 1. The highest BCUT2D eigenvalue weighted by Gasteiger charge is 2.21. The van der Waals surface area contributed by atoms with Gasteiger partial charge >= 0.3 is 0 Å². The molecule has 0 atom stereocenters. The second-order valence-corrected chi connectivity index (χ2v) is 7.47. The van der Waals surface area contributed by atoms with Gasteiger partial charge in [0.15, 0.2) is 5.69 Å². The van der Waals surface area contributed by atoms with Gasteiger partial charge in [0.05, 0.1) is 28.5 Å². The number of nitrogens with one attached hydrogen (secondary N) is 1. The molecular weight excluding hydrogens is 424 g/mol. The third kappa shape index (κ3) is 4.44. The van der Waals surface area contributed by atoms with E-state index in [1.807, 2.05) is 37.6 Å². The van der Waals surface area contributed by atoms with Crippen molar-refractivity contribution in [1.82, 2.24) is 20.3 Å². The molecule has 0 saturated heterocycles. The molecule has 28 heavy (non-hydrogen) atoms. The lowest BCUT2D eigenvalue weighted by Gasteiger charge is -2.10. The standard InChI is InChI=1S/C20H23BrN4O3/c1-5-25-18(17(21)9-23-25)10-22-20(26)19-16(14(4)28-24-19)11-27-15-7-12(2)6-13(3)8-15/h6-9H,5,10-11H2,1-4H3,(H,22,26). The molecule has 3 rings (SSSR count). The topological polar surface area (TPSA) is 82.2 Å². The van der Waals surface area contributed by atoms with Crippen LogP contribution in [-0.4, -0.2) is 20.8 Å². The Labute approximate surface area is 172 Å². The molecule has 1 aromatic carbocycles. The number of carbonyl (C=O) groups is 1. The van der Waals surface area contributed by atoms with Gasteiger partial charge in [-0.15, -0.1) is 0 Å². The van der Waals surface area contributed by atoms with Crippen LogP contribution in [0, 0.1) is 20.8 Å². The van der Waals surface area contributed by atoms with Gasteiger partial charge < -0.3 is 14.6 Å². The van der Waals surface area contributed by atoms with E-state index >= 15 is 0 Å². The summed E-state index contributed by atoms with van der Waals surface area (Å²) in [7, 11) is 0. The summed E-state index contributed by atoms with van der Waals surface area (Å²) in [5.41, 5.74) is 4.01. The van der Waals surface area contributed by atoms with Gasteiger partial charge in [0.2, 0.25) is 0 Å². The largest absolute Gasteiger partial charge is 0.489 e. The zero-order valence-electron chi connectivity index (χ0n) is 16.4. The molecule has 2 aromatic heterocycles. The molecule has 1 N–H and O–H groups in total. The molecule has 0 aliphatic carbocycles. The van der Waals surface area contributed by atoms with E-state index in [0.717, 1.165) is 33.6 Å². The van der Waals surface area contributed by atoms with Gasteiger partial charge in [0.1, 0.15) is 18.1 Å². The second kappa shape index (κ2) is 8.60. The quantitative estimate of drug-likeness (QED) is 0.590. The summed E-state index contributed by atoms with van der Waals surface area (Å²) in [5.74, 6) is 1.00. The first-order valence-electron chi connectivity index (χ1n) is 9.03. The fraction of sp³-hybridized carbons (Fsp3) is 0.350. The second-order valence-electron chi connectivity index (χ2n) is 6.62. The summed E-state index contributed by atoms with van der Waals surface area (Å²) in [4.78, 5) is 12.7. The number of amides is 1. The molecule has 3 aromatic rings. The van der Waals surface area contributed by atoms with E-state index in [1.165, 1.54) is 0 Å². The molecule has 0 fully saturated rings. The van der Waals surface area contributed by atoms with Gasteiger partial charge in [0, 0.05) is 6.54 Å². The monoisotopic (exact) mass is 446 g/mol. The van der Waals surface area contributed by atoms with Gasteiger partial charge in [-0.25, -0.2) is 0 Å². The number of hydrogen-bond acceptors (Lipinski definition) is 5. The smallest absolute Gasteiger partial charge is 0.274 e. The van der Waals surface area contributed by atoms with Crippen LogP contribution in [-0.2, 0) is 19.7 Å². The van der Waals surface area contributed by atoms with Crippen molar-refractivity contribution in [2.75, 3.05) is 0 Å². The van der Waals surface area contributed by atoms with Crippen LogP contribution in [0.5, 0.6) is 5.75 Å². The molecule has 0 bridgehead atoms. The van der Waals surface area contributed by atoms with Crippen LogP contribution < -0.4 is 10.1 Å². The van der Waals surface area contributed by atoms with Gasteiger partial charge in [-0.1, -0.05) is 11.2 Å². The Morgan fingerprint density at radius 2 is 1.96 bits per heavy atom. The minimum atomic E-state index is -0.313. The maximum Gasteiger partial charge on any atom is 0.274 e. The lowest BCUT2D eigenvalue weighted by molar-refractivity contribution is 0.0938. The Bertz CT molecular complexity index is 973. The predicted molar refractivity (Wildman–Crippen MR) is 108 cm³/mol. The summed E-state index contributed by atoms with van der Waals surface area (Å²) in [6.45, 7) is 9.05. The van der Waals surface area contributed by atoms with Crippen molar-refractivity contribution in [1.29, 1.82) is 0 Å². The Hall–Kier alpha value is -2.61. The zero-order chi connectivity index (χ0) is 20.3. The highest BCUT2D eigenvalue weighted by Crippen LogP contribution is 2.21. The number of aromatic nitrogens is 3. The summed E-state index contributed by atoms with van der Waals surface area (Å²) >= 11 is 3.46. The van der Waals surface area contributed by atoms with Gasteiger partial charge in [-0.2, -0.15) is 5.10 Å². The van der Waals surface area contributed by atoms with Crippen LogP contribution >= 0.6 is 15.9 Å². The number of nitrogens with zero attached hydrogens (tertiary/aromatic N) is 3. The number of hydrogen-bond donors (Lipinski definition) is 1. The van der Waals surface area contributed by atoms with Crippen molar-refractivity contribution >= 4 is 21.8 Å². The van der Waals surface area contributed by atoms with Gasteiger partial charge in [-0.05, 0) is 66.9 Å². The number of rotatable bonds is 7. The highest BCUT2D eigenvalue weighted by molar-refractivity contribution is 9.10. The first-order valence-corrected chi connectivity index (χ1v) is 9.83. The Morgan fingerprint density at radius 3 is 2.64 bits per heavy atom. The lowest BCUT2D eigenvalue weighted by atomic mass is 10.1. The van der Waals surface area contributed by atoms with E-state index in [9.17, 15) is 4.79 Å². The van der Waals surface area contributed by atoms with Crippen LogP contribution in [0.15, 0.2) is 33.4 Å². The van der Waals surface area contributed by atoms with Crippen LogP contribution in [0.4, 0.5) is 0 Å². The van der Waals surface area contributed by atoms with Gasteiger partial charge in [0.25, 0.3) is 5.91 Å². The average molecular weight is 447 g/mol. The number of carbonyl (C=O) groups excluding carboxylic acids is 1. The van der Waals surface area contributed by atoms with E-state index in [2.05, 4.69) is 37.6 Å². The summed E-state index contributed by atoms with van der Waals surface area (Å²) in [6, 6.07) is 5.99. The molecule has 7 nitrogen and oxygen atoms in total. The maximum atomic E-state index is 12.7. The Balaban J connectivity index is 1.71. The fourth-order valence-electron chi connectivity index (χ4n) is 3.00. The third-order valence-corrected chi connectivity index (χ3v) is 5.05. The van der Waals surface area contributed by atoms with E-state index in [4.69, 9.17) is 9.26 Å². The van der Waals surface area contributed by atoms with Crippen molar-refractivity contribution < 1.29 is 14.1 Å². The molecule has 148 valence electrons. The van der Waals surface area contributed by atoms with Crippen molar-refractivity contribution in [2.24, 2.45) is 0 Å². The van der Waals surface area contributed by atoms with Crippen molar-refractivity contribution in [2.45, 2.75) is 47.4 Å². The molecule has 2 heterocycles. The molecule has 8 heteroatoms. The summed E-state index contributed by atoms with van der Waals surface area (Å²) < 4.78 is 13.8. The molecule has 0 spiro atoms. The maximum absolute atomic E-state index is 12.7. The van der Waals surface area contributed by atoms with Crippen molar-refractivity contribution in [3.8, 4) is 5.75 Å². The van der Waals surface area contributed by atoms with E-state index in [0.29, 0.717) is 17.9 Å². The number of aryl methyl sites for hydroxylation is 4. The third-order valence-electron chi connectivity index (χ3n) is 4.39. The fourth-order valence-corrected chi connectivity index (χ4v) is 3.43. The van der Waals surface area contributed by atoms with Crippen molar-refractivity contribution in [3.63, 3.8) is 0 Å². The molecule has 1 amide bonds. The highest BCUT2D eigenvalue weighted by atomic mass is 79.9. The molecule has 0 unspecified atom stereocenters. The van der Waals surface area contributed by atoms with Crippen LogP contribution in [0.1, 0.15) is 45.6 Å². The molecule has 0 radical (unpaired) electrons. The van der Waals surface area contributed by atoms with E-state index in [1.54, 1.807) is 13.1 Å². The lowest BCUT2D eigenvalue weighted by Crippen LogP contribution is -2.26. The van der Waals surface area contributed by atoms with E-state index in [-0.39, 0.29) is 18.2 Å². The minimum Gasteiger partial charge on any atom is -0.489 e. The molecule has 0 aliphatic rings. The summed E-state index contributed by atoms with van der Waals surface area (Å²) in [6.07, 6.45) is 1.72. The predicted octanol–water partition coefficient (Wildman–Crippen LogP) is 4.09. The number of halogens is 1. The van der Waals surface area contributed by atoms with Crippen LogP contribution in [0.25, 0.3) is 0 Å². The first kappa shape index (κ1) is 20.1. The Kier molecular flexibility index (Phi) is 6.18.